The fraction of sp³-hybridized carbons (Fsp3) is 0.333. The van der Waals surface area contributed by atoms with E-state index in [9.17, 15) is 19.7 Å². The highest BCUT2D eigenvalue weighted by Gasteiger charge is 2.38. The molecular formula is C21H22N2O6. The number of aryl methyl sites for hydroxylation is 1. The first-order valence-electron chi connectivity index (χ1n) is 9.20. The molecule has 8 heteroatoms. The number of carbonyl (C=O) groups excluding carboxylic acids is 2. The van der Waals surface area contributed by atoms with Gasteiger partial charge in [0.2, 0.25) is 5.91 Å². The summed E-state index contributed by atoms with van der Waals surface area (Å²) in [5, 5.41) is 10.9. The van der Waals surface area contributed by atoms with Gasteiger partial charge >= 0.3 is 5.97 Å². The van der Waals surface area contributed by atoms with Crippen molar-refractivity contribution in [3.8, 4) is 5.75 Å². The number of nitrogens with zero attached hydrogens (tertiary/aromatic N) is 2. The third-order valence-electron chi connectivity index (χ3n) is 4.93. The van der Waals surface area contributed by atoms with Crippen molar-refractivity contribution < 1.29 is 24.0 Å². The summed E-state index contributed by atoms with van der Waals surface area (Å²) in [6.45, 7) is 3.75. The maximum Gasteiger partial charge on any atom is 0.311 e. The lowest BCUT2D eigenvalue weighted by atomic mass is 10.1. The minimum Gasteiger partial charge on any atom is -0.495 e. The Bertz CT molecular complexity index is 958. The molecule has 0 bridgehead atoms. The van der Waals surface area contributed by atoms with Gasteiger partial charge < -0.3 is 14.4 Å². The molecule has 0 radical (unpaired) electrons. The van der Waals surface area contributed by atoms with Crippen molar-refractivity contribution >= 4 is 23.3 Å². The number of rotatable bonds is 6. The Kier molecular flexibility index (Phi) is 5.81. The lowest BCUT2D eigenvalue weighted by Crippen LogP contribution is -2.27. The standard InChI is InChI=1S/C21H22N2O6/c1-13-7-8-19(28-3)18(9-13)22-12-16(11-20(22)24)21(25)29-14(2)15-5-4-6-17(10-15)23(26)27/h4-10,14,16H,11-12H2,1-3H3/t14-,16+/m1/s1. The van der Waals surface area contributed by atoms with Crippen LogP contribution < -0.4 is 9.64 Å². The third kappa shape index (κ3) is 4.37. The zero-order valence-electron chi connectivity index (χ0n) is 16.5. The van der Waals surface area contributed by atoms with Crippen LogP contribution in [0.25, 0.3) is 0 Å². The van der Waals surface area contributed by atoms with Gasteiger partial charge in [-0.1, -0.05) is 18.2 Å². The summed E-state index contributed by atoms with van der Waals surface area (Å²) in [7, 11) is 1.53. The Hall–Kier alpha value is -3.42. The van der Waals surface area contributed by atoms with Gasteiger partial charge in [-0.3, -0.25) is 19.7 Å². The Morgan fingerprint density at radius 1 is 1.28 bits per heavy atom. The van der Waals surface area contributed by atoms with Crippen molar-refractivity contribution in [2.75, 3.05) is 18.6 Å². The van der Waals surface area contributed by atoms with Crippen LogP contribution in [0.15, 0.2) is 42.5 Å². The summed E-state index contributed by atoms with van der Waals surface area (Å²) in [4.78, 5) is 37.1. The Labute approximate surface area is 168 Å². The van der Waals surface area contributed by atoms with Gasteiger partial charge in [-0.15, -0.1) is 0 Å². The highest BCUT2D eigenvalue weighted by atomic mass is 16.6. The zero-order valence-corrected chi connectivity index (χ0v) is 16.5. The van der Waals surface area contributed by atoms with E-state index in [2.05, 4.69) is 0 Å². The number of non-ortho nitro benzene ring substituents is 1. The van der Waals surface area contributed by atoms with Crippen LogP contribution in [-0.4, -0.2) is 30.5 Å². The summed E-state index contributed by atoms with van der Waals surface area (Å²) < 4.78 is 10.8. The van der Waals surface area contributed by atoms with Gasteiger partial charge in [0.15, 0.2) is 0 Å². The molecule has 1 fully saturated rings. The van der Waals surface area contributed by atoms with E-state index in [-0.39, 0.29) is 24.6 Å². The van der Waals surface area contributed by atoms with Gasteiger partial charge in [0.25, 0.3) is 5.69 Å². The molecule has 0 aliphatic carbocycles. The van der Waals surface area contributed by atoms with Gasteiger partial charge in [-0.25, -0.2) is 0 Å². The number of esters is 1. The van der Waals surface area contributed by atoms with E-state index in [1.807, 2.05) is 19.1 Å². The molecule has 0 saturated carbocycles. The van der Waals surface area contributed by atoms with Crippen LogP contribution in [0.4, 0.5) is 11.4 Å². The number of nitro groups is 1. The van der Waals surface area contributed by atoms with Crippen molar-refractivity contribution in [1.82, 2.24) is 0 Å². The molecule has 0 unspecified atom stereocenters. The number of benzene rings is 2. The minimum absolute atomic E-state index is 0.0393. The monoisotopic (exact) mass is 398 g/mol. The summed E-state index contributed by atoms with van der Waals surface area (Å²) in [5.41, 5.74) is 2.05. The van der Waals surface area contributed by atoms with E-state index in [0.717, 1.165) is 5.56 Å². The molecule has 29 heavy (non-hydrogen) atoms. The van der Waals surface area contributed by atoms with Gasteiger partial charge in [-0.2, -0.15) is 0 Å². The fourth-order valence-corrected chi connectivity index (χ4v) is 3.34. The van der Waals surface area contributed by atoms with E-state index in [0.29, 0.717) is 17.0 Å². The lowest BCUT2D eigenvalue weighted by Gasteiger charge is -2.20. The molecule has 1 heterocycles. The predicted octanol–water partition coefficient (Wildman–Crippen LogP) is 3.57. The Balaban J connectivity index is 1.71. The molecule has 0 spiro atoms. The summed E-state index contributed by atoms with van der Waals surface area (Å²) in [5.74, 6) is -0.748. The minimum atomic E-state index is -0.667. The smallest absolute Gasteiger partial charge is 0.311 e. The summed E-state index contributed by atoms with van der Waals surface area (Å²) >= 11 is 0. The molecule has 8 nitrogen and oxygen atoms in total. The number of hydrogen-bond acceptors (Lipinski definition) is 6. The normalized spacial score (nSPS) is 17.1. The average Bonchev–Trinajstić information content (AvgIpc) is 3.09. The molecule has 1 saturated heterocycles. The van der Waals surface area contributed by atoms with Gasteiger partial charge in [-0.05, 0) is 37.1 Å². The number of hydrogen-bond donors (Lipinski definition) is 0. The topological polar surface area (TPSA) is 99.0 Å². The molecular weight excluding hydrogens is 376 g/mol. The zero-order chi connectivity index (χ0) is 21.1. The van der Waals surface area contributed by atoms with Crippen LogP contribution in [0, 0.1) is 23.0 Å². The number of methoxy groups -OCH3 is 1. The second-order valence-electron chi connectivity index (χ2n) is 7.01. The molecule has 2 atom stereocenters. The van der Waals surface area contributed by atoms with Crippen molar-refractivity contribution in [2.24, 2.45) is 5.92 Å². The average molecular weight is 398 g/mol. The molecule has 1 amide bonds. The van der Waals surface area contributed by atoms with Crippen molar-refractivity contribution in [2.45, 2.75) is 26.4 Å². The molecule has 0 N–H and O–H groups in total. The summed E-state index contributed by atoms with van der Waals surface area (Å²) in [6, 6.07) is 11.5. The molecule has 2 aromatic carbocycles. The molecule has 152 valence electrons. The fourth-order valence-electron chi connectivity index (χ4n) is 3.34. The number of carbonyl (C=O) groups is 2. The van der Waals surface area contributed by atoms with Crippen molar-refractivity contribution in [3.05, 3.63) is 63.7 Å². The van der Waals surface area contributed by atoms with E-state index in [1.54, 1.807) is 25.1 Å². The maximum absolute atomic E-state index is 12.6. The number of ether oxygens (including phenoxy) is 2. The second kappa shape index (κ2) is 8.30. The first kappa shape index (κ1) is 20.3. The highest BCUT2D eigenvalue weighted by Crippen LogP contribution is 2.34. The van der Waals surface area contributed by atoms with Gasteiger partial charge in [0, 0.05) is 25.1 Å². The van der Waals surface area contributed by atoms with Crippen molar-refractivity contribution in [3.63, 3.8) is 0 Å². The Morgan fingerprint density at radius 2 is 2.03 bits per heavy atom. The van der Waals surface area contributed by atoms with Crippen LogP contribution in [0.2, 0.25) is 0 Å². The van der Waals surface area contributed by atoms with Crippen LogP contribution in [0.5, 0.6) is 5.75 Å². The maximum atomic E-state index is 12.6. The predicted molar refractivity (Wildman–Crippen MR) is 106 cm³/mol. The van der Waals surface area contributed by atoms with Crippen LogP contribution >= 0.6 is 0 Å². The van der Waals surface area contributed by atoms with E-state index < -0.39 is 22.9 Å². The molecule has 3 rings (SSSR count). The van der Waals surface area contributed by atoms with E-state index in [1.165, 1.54) is 24.1 Å². The molecule has 1 aliphatic rings. The molecule has 2 aromatic rings. The molecule has 1 aliphatic heterocycles. The first-order valence-corrected chi connectivity index (χ1v) is 9.20. The van der Waals surface area contributed by atoms with Gasteiger partial charge in [0.05, 0.1) is 23.6 Å². The number of nitro benzene ring substituents is 1. The van der Waals surface area contributed by atoms with E-state index >= 15 is 0 Å². The SMILES string of the molecule is COc1ccc(C)cc1N1C[C@@H](C(=O)O[C@H](C)c2cccc([N+](=O)[O-])c2)CC1=O. The Morgan fingerprint density at radius 3 is 2.72 bits per heavy atom. The van der Waals surface area contributed by atoms with E-state index in [4.69, 9.17) is 9.47 Å². The van der Waals surface area contributed by atoms with Crippen LogP contribution in [-0.2, 0) is 14.3 Å². The van der Waals surface area contributed by atoms with Crippen LogP contribution in [0.1, 0.15) is 30.6 Å². The van der Waals surface area contributed by atoms with Crippen molar-refractivity contribution in [1.29, 1.82) is 0 Å². The number of amides is 1. The van der Waals surface area contributed by atoms with Gasteiger partial charge in [0.1, 0.15) is 11.9 Å². The highest BCUT2D eigenvalue weighted by molar-refractivity contribution is 6.00. The van der Waals surface area contributed by atoms with Crippen LogP contribution in [0.3, 0.4) is 0 Å². The second-order valence-corrected chi connectivity index (χ2v) is 7.01. The number of anilines is 1. The largest absolute Gasteiger partial charge is 0.495 e. The quantitative estimate of drug-likeness (QED) is 0.419. The third-order valence-corrected chi connectivity index (χ3v) is 4.93. The summed E-state index contributed by atoms with van der Waals surface area (Å²) in [6.07, 6.45) is -0.627. The first-order chi connectivity index (χ1) is 13.8. The lowest BCUT2D eigenvalue weighted by molar-refractivity contribution is -0.385. The molecule has 0 aromatic heterocycles.